The van der Waals surface area contributed by atoms with Crippen molar-refractivity contribution in [1.82, 2.24) is 19.4 Å². The predicted octanol–water partition coefficient (Wildman–Crippen LogP) is 2.49. The molecule has 1 fully saturated rings. The number of hydrogen-bond donors (Lipinski definition) is 0. The van der Waals surface area contributed by atoms with E-state index in [0.717, 1.165) is 28.8 Å². The average Bonchev–Trinajstić information content (AvgIpc) is 2.75. The summed E-state index contributed by atoms with van der Waals surface area (Å²) in [5.41, 5.74) is 3.84. The van der Waals surface area contributed by atoms with Crippen LogP contribution in [0.5, 0.6) is 0 Å². The Kier molecular flexibility index (Phi) is 4.46. The van der Waals surface area contributed by atoms with Crippen molar-refractivity contribution in [3.63, 3.8) is 0 Å². The fourth-order valence-electron chi connectivity index (χ4n) is 4.65. The molecule has 1 amide bonds. The number of piperidine rings is 1. The maximum absolute atomic E-state index is 12.9. The highest BCUT2D eigenvalue weighted by Gasteiger charge is 2.36. The zero-order chi connectivity index (χ0) is 19.8. The van der Waals surface area contributed by atoms with Crippen molar-refractivity contribution < 1.29 is 4.79 Å². The van der Waals surface area contributed by atoms with Gasteiger partial charge in [-0.2, -0.15) is 0 Å². The second-order valence-electron chi connectivity index (χ2n) is 7.99. The van der Waals surface area contributed by atoms with Gasteiger partial charge in [0.05, 0.1) is 6.42 Å². The molecule has 2 bridgehead atoms. The van der Waals surface area contributed by atoms with Gasteiger partial charge in [-0.05, 0) is 41.7 Å². The number of aromatic nitrogens is 3. The number of fused-ring (bicyclic) bond motifs is 4. The Balaban J connectivity index is 1.43. The molecule has 3 aromatic heterocycles. The zero-order valence-corrected chi connectivity index (χ0v) is 16.1. The number of amides is 1. The molecule has 3 aromatic rings. The Hall–Kier alpha value is -3.28. The first kappa shape index (κ1) is 17.8. The molecule has 2 aliphatic heterocycles. The topological polar surface area (TPSA) is 68.1 Å². The molecular formula is C23H22N4O2. The lowest BCUT2D eigenvalue weighted by Gasteiger charge is -2.43. The monoisotopic (exact) mass is 386 g/mol. The third-order valence-corrected chi connectivity index (χ3v) is 5.98. The van der Waals surface area contributed by atoms with Gasteiger partial charge >= 0.3 is 0 Å². The quantitative estimate of drug-likeness (QED) is 0.694. The van der Waals surface area contributed by atoms with Gasteiger partial charge in [0.15, 0.2) is 0 Å². The molecule has 6 heteroatoms. The summed E-state index contributed by atoms with van der Waals surface area (Å²) in [7, 11) is 0. The van der Waals surface area contributed by atoms with Crippen molar-refractivity contribution in [3.8, 4) is 11.1 Å². The minimum atomic E-state index is 0.0335. The number of carbonyl (C=O) groups excluding carboxylic acids is 1. The second-order valence-corrected chi connectivity index (χ2v) is 7.99. The third kappa shape index (κ3) is 3.46. The SMILES string of the molecule is O=C(Cc1cccnc1)N1C[C@@H]2C[C@H](C1)c1cc(-c3cccnc3)cc(=O)n1C2. The Labute approximate surface area is 168 Å². The van der Waals surface area contributed by atoms with Crippen LogP contribution in [0.2, 0.25) is 0 Å². The molecule has 0 saturated carbocycles. The van der Waals surface area contributed by atoms with E-state index in [2.05, 4.69) is 16.0 Å². The Bertz CT molecular complexity index is 1090. The summed E-state index contributed by atoms with van der Waals surface area (Å²) in [6, 6.07) is 11.4. The highest BCUT2D eigenvalue weighted by molar-refractivity contribution is 5.79. The van der Waals surface area contributed by atoms with E-state index < -0.39 is 0 Å². The van der Waals surface area contributed by atoms with Gasteiger partial charge in [-0.1, -0.05) is 12.1 Å². The Morgan fingerprint density at radius 2 is 1.83 bits per heavy atom. The van der Waals surface area contributed by atoms with Crippen LogP contribution < -0.4 is 5.56 Å². The first-order valence-electron chi connectivity index (χ1n) is 9.99. The highest BCUT2D eigenvalue weighted by Crippen LogP contribution is 2.36. The van der Waals surface area contributed by atoms with Gasteiger partial charge in [-0.25, -0.2) is 0 Å². The molecule has 5 rings (SSSR count). The van der Waals surface area contributed by atoms with Crippen molar-refractivity contribution in [2.75, 3.05) is 13.1 Å². The van der Waals surface area contributed by atoms with Crippen molar-refractivity contribution >= 4 is 5.91 Å². The van der Waals surface area contributed by atoms with Crippen LogP contribution in [0, 0.1) is 5.92 Å². The summed E-state index contributed by atoms with van der Waals surface area (Å²) in [6.45, 7) is 2.05. The molecule has 1 saturated heterocycles. The van der Waals surface area contributed by atoms with Crippen LogP contribution >= 0.6 is 0 Å². The second kappa shape index (κ2) is 7.28. The van der Waals surface area contributed by atoms with E-state index in [4.69, 9.17) is 0 Å². The van der Waals surface area contributed by atoms with Gasteiger partial charge in [0.25, 0.3) is 5.56 Å². The summed E-state index contributed by atoms with van der Waals surface area (Å²) in [5, 5.41) is 0. The van der Waals surface area contributed by atoms with Gasteiger partial charge in [0.2, 0.25) is 5.91 Å². The molecule has 29 heavy (non-hydrogen) atoms. The van der Waals surface area contributed by atoms with Crippen LogP contribution in [-0.2, 0) is 17.8 Å². The summed E-state index contributed by atoms with van der Waals surface area (Å²) in [6.07, 6.45) is 8.36. The van der Waals surface area contributed by atoms with Crippen LogP contribution in [0.15, 0.2) is 66.0 Å². The lowest BCUT2D eigenvalue weighted by Crippen LogP contribution is -2.49. The smallest absolute Gasteiger partial charge is 0.251 e. The lowest BCUT2D eigenvalue weighted by atomic mass is 9.82. The summed E-state index contributed by atoms with van der Waals surface area (Å²) < 4.78 is 1.90. The molecule has 2 aliphatic rings. The van der Waals surface area contributed by atoms with Crippen LogP contribution in [0.3, 0.4) is 0 Å². The zero-order valence-electron chi connectivity index (χ0n) is 16.1. The number of pyridine rings is 3. The fourth-order valence-corrected chi connectivity index (χ4v) is 4.65. The third-order valence-electron chi connectivity index (χ3n) is 5.98. The van der Waals surface area contributed by atoms with Crippen molar-refractivity contribution in [2.45, 2.75) is 25.3 Å². The van der Waals surface area contributed by atoms with Crippen molar-refractivity contribution in [3.05, 3.63) is 82.8 Å². The first-order valence-corrected chi connectivity index (χ1v) is 9.99. The van der Waals surface area contributed by atoms with E-state index in [1.807, 2.05) is 33.7 Å². The number of likely N-dealkylation sites (tertiary alicyclic amines) is 1. The predicted molar refractivity (Wildman–Crippen MR) is 109 cm³/mol. The normalized spacial score (nSPS) is 20.2. The minimum absolute atomic E-state index is 0.0335. The molecule has 0 radical (unpaired) electrons. The van der Waals surface area contributed by atoms with Gasteiger partial charge in [-0.15, -0.1) is 0 Å². The lowest BCUT2D eigenvalue weighted by molar-refractivity contribution is -0.133. The standard InChI is InChI=1S/C23H22N4O2/c28-22(8-16-3-1-5-24-11-16)26-13-17-7-20(15-26)21-9-19(10-23(29)27(21)14-17)18-4-2-6-25-12-18/h1-6,9-12,17,20H,7-8,13-15H2/t17-,20+/m0/s1. The first-order chi connectivity index (χ1) is 14.2. The van der Waals surface area contributed by atoms with Crippen LogP contribution in [-0.4, -0.2) is 38.4 Å². The molecule has 6 nitrogen and oxygen atoms in total. The largest absolute Gasteiger partial charge is 0.341 e. The van der Waals surface area contributed by atoms with Crippen molar-refractivity contribution in [2.24, 2.45) is 5.92 Å². The molecule has 5 heterocycles. The molecule has 0 aromatic carbocycles. The van der Waals surface area contributed by atoms with E-state index in [-0.39, 0.29) is 17.4 Å². The van der Waals surface area contributed by atoms with Gasteiger partial charge in [0.1, 0.15) is 0 Å². The molecule has 2 atom stereocenters. The Morgan fingerprint density at radius 1 is 1.00 bits per heavy atom. The van der Waals surface area contributed by atoms with E-state index in [1.165, 1.54) is 0 Å². The number of rotatable bonds is 3. The van der Waals surface area contributed by atoms with E-state index in [1.54, 1.807) is 30.9 Å². The minimum Gasteiger partial charge on any atom is -0.341 e. The average molecular weight is 386 g/mol. The molecule has 0 N–H and O–H groups in total. The summed E-state index contributed by atoms with van der Waals surface area (Å²) in [4.78, 5) is 35.9. The Morgan fingerprint density at radius 3 is 2.59 bits per heavy atom. The fraction of sp³-hybridized carbons (Fsp3) is 0.304. The highest BCUT2D eigenvalue weighted by atomic mass is 16.2. The molecule has 0 spiro atoms. The van der Waals surface area contributed by atoms with Crippen LogP contribution in [0.25, 0.3) is 11.1 Å². The van der Waals surface area contributed by atoms with Crippen molar-refractivity contribution in [1.29, 1.82) is 0 Å². The number of hydrogen-bond acceptors (Lipinski definition) is 4. The van der Waals surface area contributed by atoms with Gasteiger partial charge in [-0.3, -0.25) is 19.6 Å². The van der Waals surface area contributed by atoms with E-state index in [0.29, 0.717) is 32.0 Å². The molecule has 0 unspecified atom stereocenters. The molecular weight excluding hydrogens is 364 g/mol. The molecule has 146 valence electrons. The van der Waals surface area contributed by atoms with Gasteiger partial charge < -0.3 is 9.47 Å². The van der Waals surface area contributed by atoms with E-state index in [9.17, 15) is 9.59 Å². The van der Waals surface area contributed by atoms with E-state index >= 15 is 0 Å². The maximum atomic E-state index is 12.9. The summed E-state index contributed by atoms with van der Waals surface area (Å²) in [5.74, 6) is 0.637. The number of nitrogens with zero attached hydrogens (tertiary/aromatic N) is 4. The number of carbonyl (C=O) groups is 1. The maximum Gasteiger partial charge on any atom is 0.251 e. The molecule has 0 aliphatic carbocycles. The van der Waals surface area contributed by atoms with Crippen LogP contribution in [0.1, 0.15) is 23.6 Å². The van der Waals surface area contributed by atoms with Crippen LogP contribution in [0.4, 0.5) is 0 Å². The summed E-state index contributed by atoms with van der Waals surface area (Å²) >= 11 is 0. The van der Waals surface area contributed by atoms with Gasteiger partial charge in [0, 0.05) is 67.7 Å².